The second kappa shape index (κ2) is 3.28. The zero-order chi connectivity index (χ0) is 10.3. The number of halogens is 1. The largest absolute Gasteiger partial charge is 0.255 e. The van der Waals surface area contributed by atoms with Crippen molar-refractivity contribution in [3.05, 3.63) is 47.2 Å². The van der Waals surface area contributed by atoms with Gasteiger partial charge in [0.05, 0.1) is 11.0 Å². The molecule has 0 fully saturated rings. The van der Waals surface area contributed by atoms with E-state index in [-0.39, 0.29) is 0 Å². The molecule has 15 heavy (non-hydrogen) atoms. The van der Waals surface area contributed by atoms with Crippen LogP contribution in [-0.4, -0.2) is 9.97 Å². The smallest absolute Gasteiger partial charge is 0.0811 e. The molecule has 2 heterocycles. The maximum atomic E-state index is 4.40. The zero-order valence-electron chi connectivity index (χ0n) is 7.81. The predicted octanol–water partition coefficient (Wildman–Crippen LogP) is 3.55. The highest BCUT2D eigenvalue weighted by atomic mass is 79.9. The van der Waals surface area contributed by atoms with Crippen molar-refractivity contribution in [2.75, 3.05) is 0 Å². The molecule has 0 aliphatic heterocycles. The minimum atomic E-state index is 0.968. The van der Waals surface area contributed by atoms with E-state index in [4.69, 9.17) is 0 Å². The molecule has 1 aromatic carbocycles. The lowest BCUT2D eigenvalue weighted by Crippen LogP contribution is -1.84. The number of hydrogen-bond acceptors (Lipinski definition) is 2. The van der Waals surface area contributed by atoms with Gasteiger partial charge in [0.2, 0.25) is 0 Å². The van der Waals surface area contributed by atoms with Gasteiger partial charge in [0.25, 0.3) is 0 Å². The van der Waals surface area contributed by atoms with Crippen LogP contribution in [0.4, 0.5) is 0 Å². The summed E-state index contributed by atoms with van der Waals surface area (Å²) in [6.07, 6.45) is 3.67. The Kier molecular flexibility index (Phi) is 1.92. The van der Waals surface area contributed by atoms with Crippen molar-refractivity contribution in [1.29, 1.82) is 0 Å². The average molecular weight is 259 g/mol. The lowest BCUT2D eigenvalue weighted by atomic mass is 10.1. The van der Waals surface area contributed by atoms with Gasteiger partial charge in [-0.25, -0.2) is 0 Å². The maximum absolute atomic E-state index is 4.40. The van der Waals surface area contributed by atoms with Crippen LogP contribution in [0.25, 0.3) is 21.8 Å². The maximum Gasteiger partial charge on any atom is 0.0811 e. The summed E-state index contributed by atoms with van der Waals surface area (Å²) in [6.45, 7) is 0. The Morgan fingerprint density at radius 1 is 1.07 bits per heavy atom. The van der Waals surface area contributed by atoms with Crippen LogP contribution < -0.4 is 0 Å². The van der Waals surface area contributed by atoms with Crippen LogP contribution in [0.5, 0.6) is 0 Å². The molecular weight excluding hydrogens is 252 g/mol. The molecule has 0 amide bonds. The van der Waals surface area contributed by atoms with Crippen LogP contribution in [0.15, 0.2) is 47.2 Å². The van der Waals surface area contributed by atoms with E-state index in [1.54, 1.807) is 0 Å². The Bertz CT molecular complexity index is 649. The molecule has 0 unspecified atom stereocenters. The predicted molar refractivity (Wildman–Crippen MR) is 64.7 cm³/mol. The van der Waals surface area contributed by atoms with E-state index < -0.39 is 0 Å². The molecule has 2 nitrogen and oxygen atoms in total. The number of benzene rings is 1. The number of fused-ring (bicyclic) bond motifs is 3. The van der Waals surface area contributed by atoms with Crippen molar-refractivity contribution >= 4 is 37.7 Å². The third-order valence-corrected chi connectivity index (χ3v) is 2.89. The van der Waals surface area contributed by atoms with Gasteiger partial charge < -0.3 is 0 Å². The monoisotopic (exact) mass is 258 g/mol. The summed E-state index contributed by atoms with van der Waals surface area (Å²) >= 11 is 3.44. The van der Waals surface area contributed by atoms with Crippen LogP contribution in [0.1, 0.15) is 0 Å². The first-order valence-corrected chi connectivity index (χ1v) is 5.43. The fraction of sp³-hybridized carbons (Fsp3) is 0. The van der Waals surface area contributed by atoms with E-state index >= 15 is 0 Å². The van der Waals surface area contributed by atoms with Crippen LogP contribution in [-0.2, 0) is 0 Å². The summed E-state index contributed by atoms with van der Waals surface area (Å²) in [7, 11) is 0. The van der Waals surface area contributed by atoms with Gasteiger partial charge in [-0.3, -0.25) is 9.97 Å². The lowest BCUT2D eigenvalue weighted by Gasteiger charge is -2.01. The van der Waals surface area contributed by atoms with Gasteiger partial charge in [-0.1, -0.05) is 15.9 Å². The van der Waals surface area contributed by atoms with Gasteiger partial charge in [-0.05, 0) is 30.3 Å². The molecule has 0 N–H and O–H groups in total. The van der Waals surface area contributed by atoms with Crippen LogP contribution in [0, 0.1) is 0 Å². The van der Waals surface area contributed by atoms with Crippen LogP contribution in [0.2, 0.25) is 0 Å². The van der Waals surface area contributed by atoms with Gasteiger partial charge in [0, 0.05) is 27.6 Å². The normalized spacial score (nSPS) is 11.0. The summed E-state index contributed by atoms with van der Waals surface area (Å²) in [5.41, 5.74) is 1.98. The van der Waals surface area contributed by atoms with Gasteiger partial charge >= 0.3 is 0 Å². The third-order valence-electron chi connectivity index (χ3n) is 2.40. The second-order valence-electron chi connectivity index (χ2n) is 3.36. The fourth-order valence-electron chi connectivity index (χ4n) is 1.70. The standard InChI is InChI=1S/C12H7BrN2/c13-9-3-4-10-11(6-9)15-7-8-2-1-5-14-12(8)10/h1-7H. The minimum absolute atomic E-state index is 0.968. The number of hydrogen-bond donors (Lipinski definition) is 0. The molecule has 72 valence electrons. The SMILES string of the molecule is Brc1ccc2c(c1)ncc1cccnc12. The van der Waals surface area contributed by atoms with Gasteiger partial charge in [0.15, 0.2) is 0 Å². The summed E-state index contributed by atoms with van der Waals surface area (Å²) in [5, 5.41) is 2.17. The third kappa shape index (κ3) is 1.39. The van der Waals surface area contributed by atoms with E-state index in [9.17, 15) is 0 Å². The molecule has 0 radical (unpaired) electrons. The highest BCUT2D eigenvalue weighted by Gasteiger charge is 2.02. The van der Waals surface area contributed by atoms with Gasteiger partial charge in [0.1, 0.15) is 0 Å². The fourth-order valence-corrected chi connectivity index (χ4v) is 2.05. The Balaban J connectivity index is 2.55. The van der Waals surface area contributed by atoms with Crippen LogP contribution >= 0.6 is 15.9 Å². The molecule has 3 heteroatoms. The summed E-state index contributed by atoms with van der Waals surface area (Å²) in [5.74, 6) is 0. The van der Waals surface area contributed by atoms with E-state index in [0.717, 1.165) is 26.3 Å². The van der Waals surface area contributed by atoms with Crippen molar-refractivity contribution in [2.24, 2.45) is 0 Å². The Labute approximate surface area is 95.1 Å². The molecule has 0 aliphatic rings. The molecule has 0 spiro atoms. The topological polar surface area (TPSA) is 25.8 Å². The number of aromatic nitrogens is 2. The van der Waals surface area contributed by atoms with E-state index in [1.807, 2.05) is 42.7 Å². The molecule has 0 atom stereocenters. The van der Waals surface area contributed by atoms with Gasteiger partial charge in [-0.15, -0.1) is 0 Å². The Morgan fingerprint density at radius 2 is 2.00 bits per heavy atom. The number of rotatable bonds is 0. The van der Waals surface area contributed by atoms with E-state index in [1.165, 1.54) is 0 Å². The Morgan fingerprint density at radius 3 is 2.93 bits per heavy atom. The highest BCUT2D eigenvalue weighted by molar-refractivity contribution is 9.10. The van der Waals surface area contributed by atoms with Crippen molar-refractivity contribution in [3.63, 3.8) is 0 Å². The first kappa shape index (κ1) is 8.80. The van der Waals surface area contributed by atoms with Crippen molar-refractivity contribution in [2.45, 2.75) is 0 Å². The molecule has 0 bridgehead atoms. The minimum Gasteiger partial charge on any atom is -0.255 e. The molecule has 3 aromatic rings. The molecule has 0 aliphatic carbocycles. The number of nitrogens with zero attached hydrogens (tertiary/aromatic N) is 2. The van der Waals surface area contributed by atoms with Crippen molar-refractivity contribution in [3.8, 4) is 0 Å². The first-order valence-electron chi connectivity index (χ1n) is 4.63. The van der Waals surface area contributed by atoms with E-state index in [2.05, 4.69) is 25.9 Å². The molecule has 3 rings (SSSR count). The molecular formula is C12H7BrN2. The number of pyridine rings is 2. The zero-order valence-corrected chi connectivity index (χ0v) is 9.40. The van der Waals surface area contributed by atoms with Crippen LogP contribution in [0.3, 0.4) is 0 Å². The molecule has 0 saturated heterocycles. The van der Waals surface area contributed by atoms with Gasteiger partial charge in [-0.2, -0.15) is 0 Å². The molecule has 2 aromatic heterocycles. The summed E-state index contributed by atoms with van der Waals surface area (Å²) in [6, 6.07) is 10.0. The van der Waals surface area contributed by atoms with Crippen molar-refractivity contribution < 1.29 is 0 Å². The summed E-state index contributed by atoms with van der Waals surface area (Å²) < 4.78 is 1.04. The van der Waals surface area contributed by atoms with E-state index in [0.29, 0.717) is 0 Å². The quantitative estimate of drug-likeness (QED) is 0.577. The first-order chi connectivity index (χ1) is 7.34. The van der Waals surface area contributed by atoms with Crippen molar-refractivity contribution in [1.82, 2.24) is 9.97 Å². The highest BCUT2D eigenvalue weighted by Crippen LogP contribution is 2.23. The summed E-state index contributed by atoms with van der Waals surface area (Å²) in [4.78, 5) is 8.78. The average Bonchev–Trinajstić information content (AvgIpc) is 2.28. The molecule has 0 saturated carbocycles. The Hall–Kier alpha value is -1.48. The second-order valence-corrected chi connectivity index (χ2v) is 4.28. The lowest BCUT2D eigenvalue weighted by molar-refractivity contribution is 1.38.